The molecule has 0 amide bonds. The highest BCUT2D eigenvalue weighted by atomic mass is 19.4. The lowest BCUT2D eigenvalue weighted by molar-refractivity contribution is -0.286. The van der Waals surface area contributed by atoms with E-state index in [1.54, 1.807) is 0 Å². The summed E-state index contributed by atoms with van der Waals surface area (Å²) in [5.74, 6) is -4.84. The molecule has 0 aromatic carbocycles. The van der Waals surface area contributed by atoms with Crippen LogP contribution < -0.4 is 0 Å². The topological polar surface area (TPSA) is 43.7 Å². The second-order valence-corrected chi connectivity index (χ2v) is 2.93. The third-order valence-electron chi connectivity index (χ3n) is 1.67. The summed E-state index contributed by atoms with van der Waals surface area (Å²) >= 11 is 0. The molecule has 0 aromatic heterocycles. The Morgan fingerprint density at radius 3 is 1.53 bits per heavy atom. The number of alkyl halides is 5. The fraction of sp³-hybridized carbons (Fsp3) is 1.00. The van der Waals surface area contributed by atoms with Crippen molar-refractivity contribution in [3.8, 4) is 0 Å². The minimum absolute atomic E-state index is 0.341. The van der Waals surface area contributed by atoms with Gasteiger partial charge in [0.25, 0.3) is 0 Å². The fourth-order valence-corrected chi connectivity index (χ4v) is 0.923. The number of aliphatic hydroxyl groups excluding tert-OH is 2. The van der Waals surface area contributed by atoms with Crippen LogP contribution in [0, 0.1) is 0 Å². The SMILES string of the molecule is OCCN(CCO)CC(F)(F)C(F)(F)F. The van der Waals surface area contributed by atoms with Gasteiger partial charge in [-0.25, -0.2) is 0 Å². The molecule has 0 spiro atoms. The molecule has 0 aromatic rings. The third kappa shape index (κ3) is 4.72. The van der Waals surface area contributed by atoms with Crippen molar-refractivity contribution < 1.29 is 32.2 Å². The Morgan fingerprint density at radius 1 is 0.867 bits per heavy atom. The Labute approximate surface area is 83.1 Å². The summed E-state index contributed by atoms with van der Waals surface area (Å²) in [5.41, 5.74) is 0. The molecule has 0 aliphatic carbocycles. The van der Waals surface area contributed by atoms with Gasteiger partial charge >= 0.3 is 12.1 Å². The normalized spacial score (nSPS) is 13.6. The van der Waals surface area contributed by atoms with Crippen LogP contribution in [0.5, 0.6) is 0 Å². The van der Waals surface area contributed by atoms with Gasteiger partial charge < -0.3 is 10.2 Å². The van der Waals surface area contributed by atoms with Gasteiger partial charge in [-0.15, -0.1) is 0 Å². The second kappa shape index (κ2) is 5.57. The summed E-state index contributed by atoms with van der Waals surface area (Å²) in [6, 6.07) is 0. The molecule has 0 atom stereocenters. The van der Waals surface area contributed by atoms with E-state index < -0.39 is 31.9 Å². The maximum absolute atomic E-state index is 12.5. The minimum atomic E-state index is -5.61. The van der Waals surface area contributed by atoms with Crippen molar-refractivity contribution >= 4 is 0 Å². The molecule has 8 heteroatoms. The molecule has 0 bridgehead atoms. The summed E-state index contributed by atoms with van der Waals surface area (Å²) in [6.45, 7) is -3.34. The van der Waals surface area contributed by atoms with Crippen molar-refractivity contribution in [2.24, 2.45) is 0 Å². The number of nitrogens with zero attached hydrogens (tertiary/aromatic N) is 1. The van der Waals surface area contributed by atoms with E-state index in [1.807, 2.05) is 0 Å². The molecule has 0 radical (unpaired) electrons. The standard InChI is InChI=1S/C7H12F5NO2/c8-6(9,7(10,11)12)5-13(1-3-14)2-4-15/h14-15H,1-5H2. The number of halogens is 5. The highest BCUT2D eigenvalue weighted by Gasteiger charge is 2.57. The Balaban J connectivity index is 4.37. The van der Waals surface area contributed by atoms with Gasteiger partial charge in [-0.1, -0.05) is 0 Å². The predicted molar refractivity (Wildman–Crippen MR) is 41.6 cm³/mol. The Kier molecular flexibility index (Phi) is 5.39. The predicted octanol–water partition coefficient (Wildman–Crippen LogP) is 0.471. The first-order valence-corrected chi connectivity index (χ1v) is 4.13. The summed E-state index contributed by atoms with van der Waals surface area (Å²) in [5, 5.41) is 16.8. The molecular weight excluding hydrogens is 225 g/mol. The summed E-state index contributed by atoms with van der Waals surface area (Å²) in [6.07, 6.45) is -5.61. The van der Waals surface area contributed by atoms with Crippen LogP contribution >= 0.6 is 0 Å². The van der Waals surface area contributed by atoms with Gasteiger partial charge in [0.15, 0.2) is 0 Å². The maximum Gasteiger partial charge on any atom is 0.454 e. The van der Waals surface area contributed by atoms with Crippen LogP contribution in [0.4, 0.5) is 22.0 Å². The van der Waals surface area contributed by atoms with Crippen LogP contribution in [0.15, 0.2) is 0 Å². The minimum Gasteiger partial charge on any atom is -0.395 e. The first-order chi connectivity index (χ1) is 6.74. The molecule has 2 N–H and O–H groups in total. The van der Waals surface area contributed by atoms with E-state index in [1.165, 1.54) is 0 Å². The van der Waals surface area contributed by atoms with Crippen LogP contribution in [0.25, 0.3) is 0 Å². The lowest BCUT2D eigenvalue weighted by atomic mass is 10.3. The van der Waals surface area contributed by atoms with Crippen LogP contribution in [-0.2, 0) is 0 Å². The molecule has 0 saturated heterocycles. The molecule has 92 valence electrons. The van der Waals surface area contributed by atoms with E-state index in [0.29, 0.717) is 4.90 Å². The number of hydrogen-bond donors (Lipinski definition) is 2. The molecule has 0 rings (SSSR count). The van der Waals surface area contributed by atoms with Crippen LogP contribution in [0.1, 0.15) is 0 Å². The van der Waals surface area contributed by atoms with Gasteiger partial charge in [-0.05, 0) is 0 Å². The van der Waals surface area contributed by atoms with Crippen molar-refractivity contribution in [3.63, 3.8) is 0 Å². The second-order valence-electron chi connectivity index (χ2n) is 2.93. The van der Waals surface area contributed by atoms with E-state index in [-0.39, 0.29) is 13.1 Å². The lowest BCUT2D eigenvalue weighted by Crippen LogP contribution is -2.48. The number of hydrogen-bond acceptors (Lipinski definition) is 3. The first kappa shape index (κ1) is 14.5. The number of rotatable bonds is 6. The molecule has 0 saturated carbocycles. The Hall–Kier alpha value is -0.470. The van der Waals surface area contributed by atoms with Crippen molar-refractivity contribution in [2.45, 2.75) is 12.1 Å². The van der Waals surface area contributed by atoms with E-state index in [4.69, 9.17) is 10.2 Å². The van der Waals surface area contributed by atoms with Crippen LogP contribution in [0.3, 0.4) is 0 Å². The zero-order chi connectivity index (χ0) is 12.1. The molecule has 3 nitrogen and oxygen atoms in total. The monoisotopic (exact) mass is 237 g/mol. The van der Waals surface area contributed by atoms with Gasteiger partial charge in [0.2, 0.25) is 0 Å². The lowest BCUT2D eigenvalue weighted by Gasteiger charge is -2.27. The summed E-state index contributed by atoms with van der Waals surface area (Å²) in [4.78, 5) is 0.646. The van der Waals surface area contributed by atoms with E-state index in [0.717, 1.165) is 0 Å². The van der Waals surface area contributed by atoms with Gasteiger partial charge in [0.05, 0.1) is 19.8 Å². The molecular formula is C7H12F5NO2. The van der Waals surface area contributed by atoms with Gasteiger partial charge in [0.1, 0.15) is 0 Å². The third-order valence-corrected chi connectivity index (χ3v) is 1.67. The first-order valence-electron chi connectivity index (χ1n) is 4.13. The smallest absolute Gasteiger partial charge is 0.395 e. The molecule has 0 fully saturated rings. The van der Waals surface area contributed by atoms with E-state index >= 15 is 0 Å². The highest BCUT2D eigenvalue weighted by molar-refractivity contribution is 4.79. The molecule has 0 heterocycles. The Bertz CT molecular complexity index is 179. The summed E-state index contributed by atoms with van der Waals surface area (Å²) < 4.78 is 60.3. The molecule has 0 aliphatic heterocycles. The molecule has 0 unspecified atom stereocenters. The highest BCUT2D eigenvalue weighted by Crippen LogP contribution is 2.35. The van der Waals surface area contributed by atoms with Crippen molar-refractivity contribution in [1.82, 2.24) is 4.90 Å². The maximum atomic E-state index is 12.5. The summed E-state index contributed by atoms with van der Waals surface area (Å²) in [7, 11) is 0. The average molecular weight is 237 g/mol. The quantitative estimate of drug-likeness (QED) is 0.660. The van der Waals surface area contributed by atoms with Crippen molar-refractivity contribution in [1.29, 1.82) is 0 Å². The van der Waals surface area contributed by atoms with E-state index in [9.17, 15) is 22.0 Å². The van der Waals surface area contributed by atoms with Crippen LogP contribution in [-0.4, -0.2) is 60.1 Å². The molecule has 0 aliphatic rings. The van der Waals surface area contributed by atoms with Crippen molar-refractivity contribution in [2.75, 3.05) is 32.8 Å². The van der Waals surface area contributed by atoms with E-state index in [2.05, 4.69) is 0 Å². The van der Waals surface area contributed by atoms with Gasteiger partial charge in [0, 0.05) is 13.1 Å². The van der Waals surface area contributed by atoms with Gasteiger partial charge in [-0.3, -0.25) is 4.90 Å². The van der Waals surface area contributed by atoms with Crippen molar-refractivity contribution in [3.05, 3.63) is 0 Å². The average Bonchev–Trinajstić information content (AvgIpc) is 2.02. The van der Waals surface area contributed by atoms with Gasteiger partial charge in [-0.2, -0.15) is 22.0 Å². The fourth-order valence-electron chi connectivity index (χ4n) is 0.923. The largest absolute Gasteiger partial charge is 0.454 e. The Morgan fingerprint density at radius 2 is 1.27 bits per heavy atom. The molecule has 15 heavy (non-hydrogen) atoms. The number of aliphatic hydroxyl groups is 2. The van der Waals surface area contributed by atoms with Crippen LogP contribution in [0.2, 0.25) is 0 Å². The zero-order valence-electron chi connectivity index (χ0n) is 7.77. The zero-order valence-corrected chi connectivity index (χ0v) is 7.77.